The second-order valence-electron chi connectivity index (χ2n) is 5.30. The lowest BCUT2D eigenvalue weighted by atomic mass is 10.1. The Kier molecular flexibility index (Phi) is 4.79. The van der Waals surface area contributed by atoms with Crippen LogP contribution in [-0.4, -0.2) is 34.2 Å². The molecule has 1 aliphatic rings. The highest BCUT2D eigenvalue weighted by Crippen LogP contribution is 2.10. The average Bonchev–Trinajstić information content (AvgIpc) is 3.03. The van der Waals surface area contributed by atoms with Crippen LogP contribution in [0.15, 0.2) is 64.9 Å². The van der Waals surface area contributed by atoms with Gasteiger partial charge in [0.05, 0.1) is 5.56 Å². The molecule has 0 spiro atoms. The van der Waals surface area contributed by atoms with E-state index in [0.717, 1.165) is 5.56 Å². The van der Waals surface area contributed by atoms with Gasteiger partial charge in [0.25, 0.3) is 6.54 Å². The summed E-state index contributed by atoms with van der Waals surface area (Å²) < 4.78 is 1.59. The fourth-order valence-electron chi connectivity index (χ4n) is 2.21. The molecule has 2 amide bonds. The lowest BCUT2D eigenvalue weighted by Gasteiger charge is -1.99. The number of carboxylic acid groups (broad SMARTS) is 1. The van der Waals surface area contributed by atoms with Crippen molar-refractivity contribution >= 4 is 23.6 Å². The number of para-hydroxylation sites is 1. The van der Waals surface area contributed by atoms with Gasteiger partial charge in [-0.15, -0.1) is 0 Å². The van der Waals surface area contributed by atoms with Gasteiger partial charge < -0.3 is 10.4 Å². The highest BCUT2D eigenvalue weighted by atomic mass is 16.7. The van der Waals surface area contributed by atoms with Crippen LogP contribution in [0.3, 0.4) is 0 Å². The summed E-state index contributed by atoms with van der Waals surface area (Å²) in [6.07, 6.45) is 0. The van der Waals surface area contributed by atoms with Crippen molar-refractivity contribution in [3.8, 4) is 0 Å². The van der Waals surface area contributed by atoms with Gasteiger partial charge in [0.2, 0.25) is 0 Å². The normalized spacial score (nSPS) is 14.7. The van der Waals surface area contributed by atoms with E-state index in [-0.39, 0.29) is 18.0 Å². The van der Waals surface area contributed by atoms with Gasteiger partial charge in [-0.2, -0.15) is 4.99 Å². The Labute approximate surface area is 143 Å². The number of anilines is 1. The van der Waals surface area contributed by atoms with E-state index in [4.69, 9.17) is 9.94 Å². The van der Waals surface area contributed by atoms with Crippen molar-refractivity contribution in [2.75, 3.05) is 11.9 Å². The van der Waals surface area contributed by atoms with Crippen molar-refractivity contribution in [2.24, 2.45) is 10.3 Å². The number of benzene rings is 2. The van der Waals surface area contributed by atoms with Crippen molar-refractivity contribution in [1.29, 1.82) is 0 Å². The summed E-state index contributed by atoms with van der Waals surface area (Å²) in [7, 11) is 0. The van der Waals surface area contributed by atoms with E-state index < -0.39 is 12.0 Å². The second kappa shape index (κ2) is 7.35. The Morgan fingerprint density at radius 2 is 1.88 bits per heavy atom. The highest BCUT2D eigenvalue weighted by molar-refractivity contribution is 5.98. The van der Waals surface area contributed by atoms with Gasteiger partial charge in [-0.3, -0.25) is 4.84 Å². The molecular formula is C17H15N4O4+. The van der Waals surface area contributed by atoms with Crippen LogP contribution in [0.25, 0.3) is 0 Å². The summed E-state index contributed by atoms with van der Waals surface area (Å²) in [5.41, 5.74) is 1.73. The molecule has 1 aliphatic heterocycles. The standard InChI is InChI=1S/C17H14N4O4/c22-16(23)13-8-6-12(7-9-13)10-21-11-15(25-20-21)19-17(24)18-14-4-2-1-3-5-14/h1-9H,10-11H2,(H-,18,22,23,24)/p+1. The molecule has 1 heterocycles. The molecule has 2 N–H and O–H groups in total. The summed E-state index contributed by atoms with van der Waals surface area (Å²) >= 11 is 0. The molecule has 2 aromatic carbocycles. The Morgan fingerprint density at radius 1 is 1.16 bits per heavy atom. The molecule has 0 bridgehead atoms. The molecule has 3 rings (SSSR count). The number of carbonyl (C=O) groups excluding carboxylic acids is 1. The average molecular weight is 339 g/mol. The van der Waals surface area contributed by atoms with Crippen LogP contribution in [0, 0.1) is 0 Å². The van der Waals surface area contributed by atoms with Crippen molar-refractivity contribution in [3.63, 3.8) is 0 Å². The zero-order chi connectivity index (χ0) is 17.6. The minimum absolute atomic E-state index is 0.190. The minimum atomic E-state index is -0.973. The maximum atomic E-state index is 11.8. The summed E-state index contributed by atoms with van der Waals surface area (Å²) in [5.74, 6) is -0.782. The fourth-order valence-corrected chi connectivity index (χ4v) is 2.21. The van der Waals surface area contributed by atoms with Gasteiger partial charge in [-0.05, 0) is 24.3 Å². The van der Waals surface area contributed by atoms with E-state index in [2.05, 4.69) is 15.6 Å². The third-order valence-corrected chi connectivity index (χ3v) is 3.40. The first-order chi connectivity index (χ1) is 12.1. The summed E-state index contributed by atoms with van der Waals surface area (Å²) in [4.78, 5) is 31.6. The lowest BCUT2D eigenvalue weighted by Crippen LogP contribution is -2.16. The number of carboxylic acids is 1. The maximum Gasteiger partial charge on any atom is 0.348 e. The van der Waals surface area contributed by atoms with Gasteiger partial charge in [0.1, 0.15) is 0 Å². The molecular weight excluding hydrogens is 324 g/mol. The molecule has 25 heavy (non-hydrogen) atoms. The molecule has 0 aliphatic carbocycles. The van der Waals surface area contributed by atoms with E-state index in [0.29, 0.717) is 12.2 Å². The van der Waals surface area contributed by atoms with E-state index in [9.17, 15) is 9.59 Å². The van der Waals surface area contributed by atoms with Crippen LogP contribution in [0.2, 0.25) is 0 Å². The third kappa shape index (κ3) is 4.47. The molecule has 0 saturated heterocycles. The lowest BCUT2D eigenvalue weighted by molar-refractivity contribution is -0.600. The van der Waals surface area contributed by atoms with Crippen LogP contribution in [-0.2, 0) is 11.4 Å². The summed E-state index contributed by atoms with van der Waals surface area (Å²) in [6.45, 7) is 0.669. The van der Waals surface area contributed by atoms with Crippen molar-refractivity contribution in [3.05, 3.63) is 65.7 Å². The number of nitrogens with zero attached hydrogens (tertiary/aromatic N) is 3. The van der Waals surface area contributed by atoms with E-state index in [1.807, 2.05) is 18.2 Å². The summed E-state index contributed by atoms with van der Waals surface area (Å²) in [5, 5.41) is 15.3. The van der Waals surface area contributed by atoms with Gasteiger partial charge in [-0.25, -0.2) is 9.59 Å². The predicted molar refractivity (Wildman–Crippen MR) is 88.6 cm³/mol. The highest BCUT2D eigenvalue weighted by Gasteiger charge is 2.24. The van der Waals surface area contributed by atoms with Crippen LogP contribution < -0.4 is 5.32 Å². The quantitative estimate of drug-likeness (QED) is 0.836. The fraction of sp³-hybridized carbons (Fsp3) is 0.118. The molecule has 0 unspecified atom stereocenters. The number of amides is 2. The zero-order valence-electron chi connectivity index (χ0n) is 13.1. The Hall–Kier alpha value is -3.55. The number of urea groups is 1. The first-order valence-corrected chi connectivity index (χ1v) is 7.49. The second-order valence-corrected chi connectivity index (χ2v) is 5.30. The zero-order valence-corrected chi connectivity index (χ0v) is 13.1. The van der Waals surface area contributed by atoms with Crippen molar-refractivity contribution < 1.29 is 24.2 Å². The van der Waals surface area contributed by atoms with E-state index in [1.54, 1.807) is 29.0 Å². The number of carbonyl (C=O) groups is 2. The molecule has 126 valence electrons. The molecule has 0 saturated carbocycles. The van der Waals surface area contributed by atoms with Gasteiger partial charge in [0.15, 0.2) is 11.8 Å². The molecule has 0 fully saturated rings. The number of aromatic carboxylic acids is 1. The number of aliphatic imine (C=N–C) groups is 1. The Bertz CT molecular complexity index is 845. The van der Waals surface area contributed by atoms with Crippen molar-refractivity contribution in [2.45, 2.75) is 6.54 Å². The van der Waals surface area contributed by atoms with Gasteiger partial charge >= 0.3 is 17.9 Å². The number of hydrogen-bond donors (Lipinski definition) is 2. The first-order valence-electron chi connectivity index (χ1n) is 7.49. The van der Waals surface area contributed by atoms with Crippen molar-refractivity contribution in [1.82, 2.24) is 0 Å². The largest absolute Gasteiger partial charge is 0.478 e. The van der Waals surface area contributed by atoms with E-state index in [1.165, 1.54) is 12.1 Å². The topological polar surface area (TPSA) is 103 Å². The molecule has 2 aromatic rings. The molecule has 8 heteroatoms. The van der Waals surface area contributed by atoms with Crippen LogP contribution in [0.1, 0.15) is 15.9 Å². The number of hydrogen-bond acceptors (Lipinski definition) is 4. The Balaban J connectivity index is 1.55. The Morgan fingerprint density at radius 3 is 2.56 bits per heavy atom. The number of nitrogens with one attached hydrogen (secondary N) is 1. The van der Waals surface area contributed by atoms with Gasteiger partial charge in [-0.1, -0.05) is 35.0 Å². The first kappa shape index (κ1) is 16.3. The van der Waals surface area contributed by atoms with Crippen LogP contribution >= 0.6 is 0 Å². The molecule has 8 nitrogen and oxygen atoms in total. The van der Waals surface area contributed by atoms with E-state index >= 15 is 0 Å². The monoisotopic (exact) mass is 339 g/mol. The minimum Gasteiger partial charge on any atom is -0.478 e. The SMILES string of the molecule is O=C(N=C1C[N+](Cc2ccc(C(=O)O)cc2)=NO1)Nc1ccccc1. The molecule has 0 radical (unpaired) electrons. The number of rotatable bonds is 4. The maximum absolute atomic E-state index is 11.8. The molecule has 0 aromatic heterocycles. The van der Waals surface area contributed by atoms with Crippen LogP contribution in [0.4, 0.5) is 10.5 Å². The van der Waals surface area contributed by atoms with Gasteiger partial charge in [0, 0.05) is 11.3 Å². The molecule has 0 atom stereocenters. The predicted octanol–water partition coefficient (Wildman–Crippen LogP) is 2.93. The van der Waals surface area contributed by atoms with Crippen LogP contribution in [0.5, 0.6) is 0 Å². The third-order valence-electron chi connectivity index (χ3n) is 3.40. The smallest absolute Gasteiger partial charge is 0.348 e. The summed E-state index contributed by atoms with van der Waals surface area (Å²) in [6, 6.07) is 14.9.